The number of benzene rings is 2. The second kappa shape index (κ2) is 12.7. The van der Waals surface area contributed by atoms with Gasteiger partial charge in [-0.15, -0.1) is 0 Å². The summed E-state index contributed by atoms with van der Waals surface area (Å²) in [6.45, 7) is 3.97. The Labute approximate surface area is 294 Å². The lowest BCUT2D eigenvalue weighted by Gasteiger charge is -2.24. The molecule has 13 heteroatoms. The molecule has 1 saturated heterocycles. The number of rotatable bonds is 4. The van der Waals surface area contributed by atoms with Crippen LogP contribution in [0.25, 0.3) is 32.8 Å². The van der Waals surface area contributed by atoms with Crippen molar-refractivity contribution in [2.24, 2.45) is 5.92 Å². The van der Waals surface area contributed by atoms with Crippen molar-refractivity contribution in [3.63, 3.8) is 0 Å². The molecule has 0 bridgehead atoms. The van der Waals surface area contributed by atoms with Crippen LogP contribution < -0.4 is 11.5 Å². The molecular weight excluding hydrogens is 725 g/mol. The number of aryl methyl sites for hydroxylation is 1. The quantitative estimate of drug-likeness (QED) is 0.171. The fourth-order valence-corrected chi connectivity index (χ4v) is 7.52. The summed E-state index contributed by atoms with van der Waals surface area (Å²) in [5.41, 5.74) is 15.2. The molecule has 242 valence electrons. The molecule has 1 saturated carbocycles. The van der Waals surface area contributed by atoms with Gasteiger partial charge in [-0.05, 0) is 81.0 Å². The number of fused-ring (bicyclic) bond motifs is 4. The Morgan fingerprint density at radius 3 is 2.26 bits per heavy atom. The Morgan fingerprint density at radius 2 is 1.53 bits per heavy atom. The lowest BCUT2D eigenvalue weighted by molar-refractivity contribution is -0.160. The highest BCUT2D eigenvalue weighted by Crippen LogP contribution is 2.49. The third kappa shape index (κ3) is 6.47. The third-order valence-corrected chi connectivity index (χ3v) is 10.2. The van der Waals surface area contributed by atoms with E-state index in [0.29, 0.717) is 32.8 Å². The topological polar surface area (TPSA) is 127 Å². The number of anilines is 2. The zero-order valence-electron chi connectivity index (χ0n) is 25.5. The minimum atomic E-state index is -0.620. The van der Waals surface area contributed by atoms with E-state index < -0.39 is 5.79 Å². The van der Waals surface area contributed by atoms with Crippen LogP contribution >= 0.6 is 50.7 Å². The second-order valence-corrected chi connectivity index (χ2v) is 14.5. The molecule has 47 heavy (non-hydrogen) atoms. The van der Waals surface area contributed by atoms with Crippen LogP contribution in [0.15, 0.2) is 71.6 Å². The van der Waals surface area contributed by atoms with Gasteiger partial charge in [0, 0.05) is 21.4 Å². The summed E-state index contributed by atoms with van der Waals surface area (Å²) < 4.78 is 16.0. The van der Waals surface area contributed by atoms with Gasteiger partial charge in [-0.25, -0.2) is 19.9 Å². The zero-order valence-corrected chi connectivity index (χ0v) is 29.4. The van der Waals surface area contributed by atoms with Gasteiger partial charge in [0.15, 0.2) is 5.79 Å². The highest BCUT2D eigenvalue weighted by Gasteiger charge is 2.54. The molecule has 0 unspecified atom stereocenters. The summed E-state index contributed by atoms with van der Waals surface area (Å²) in [7, 11) is 0. The number of halogens is 4. The minimum absolute atomic E-state index is 0.0165. The maximum Gasteiger partial charge on any atom is 0.163 e. The maximum absolute atomic E-state index is 6.40. The van der Waals surface area contributed by atoms with Gasteiger partial charge in [0.25, 0.3) is 0 Å². The molecule has 4 aromatic heterocycles. The summed E-state index contributed by atoms with van der Waals surface area (Å²) in [6, 6.07) is 17.8. The lowest BCUT2D eigenvalue weighted by atomic mass is 9.95. The van der Waals surface area contributed by atoms with Crippen molar-refractivity contribution < 1.29 is 9.47 Å². The minimum Gasteiger partial charge on any atom is -0.382 e. The lowest BCUT2D eigenvalue weighted by Crippen LogP contribution is -2.27. The fraction of sp³-hybridized carbons (Fsp3) is 0.294. The molecule has 9 nitrogen and oxygen atoms in total. The molecule has 0 radical (unpaired) electrons. The number of hydrogen-bond donors (Lipinski definition) is 2. The number of pyridine rings is 2. The third-order valence-electron chi connectivity index (χ3n) is 8.80. The Hall–Kier alpha value is -3.25. The maximum atomic E-state index is 6.40. The van der Waals surface area contributed by atoms with Crippen LogP contribution in [0.5, 0.6) is 0 Å². The average Bonchev–Trinajstić information content (AvgIpc) is 3.69. The van der Waals surface area contributed by atoms with E-state index in [1.165, 1.54) is 11.9 Å². The van der Waals surface area contributed by atoms with E-state index in [1.807, 2.05) is 56.4 Å². The fourth-order valence-electron chi connectivity index (χ4n) is 6.66. The van der Waals surface area contributed by atoms with E-state index in [9.17, 15) is 0 Å². The van der Waals surface area contributed by atoms with Gasteiger partial charge in [0.1, 0.15) is 34.9 Å². The van der Waals surface area contributed by atoms with Gasteiger partial charge >= 0.3 is 0 Å². The summed E-state index contributed by atoms with van der Waals surface area (Å²) in [5.74, 6) is 0.443. The monoisotopic (exact) mass is 753 g/mol. The van der Waals surface area contributed by atoms with Gasteiger partial charge in [-0.1, -0.05) is 68.9 Å². The molecule has 0 amide bonds. The SMILES string of the molecule is CC1(C)O[C@@H]2[C@@H](CCc3ccc4cc(Cl)c(N)nc4c3)C[C@@H](n3ccc4c(Cl)ncnc43)[C@@H]2O1.Nc1nc2cc(Br)ccc2cc1Cl. The van der Waals surface area contributed by atoms with Crippen molar-refractivity contribution in [3.05, 3.63) is 92.4 Å². The van der Waals surface area contributed by atoms with Crippen molar-refractivity contribution >= 4 is 95.2 Å². The van der Waals surface area contributed by atoms with Crippen LogP contribution in [0, 0.1) is 5.92 Å². The van der Waals surface area contributed by atoms with Crippen molar-refractivity contribution in [1.29, 1.82) is 0 Å². The first kappa shape index (κ1) is 32.3. The summed E-state index contributed by atoms with van der Waals surface area (Å²) in [6.07, 6.45) is 6.33. The molecule has 2 aliphatic rings. The Balaban J connectivity index is 0.000000226. The average molecular weight is 756 g/mol. The standard InChI is InChI=1S/C25H25Cl2N5O2.C9H6BrClN2/c1-25(2)33-20-15(6-4-13-3-5-14-10-17(26)23(28)31-18(14)9-13)11-19(21(20)34-25)32-8-7-16-22(27)29-12-30-24(16)32;10-6-2-1-5-3-7(11)9(12)13-8(5)4-6/h3,5,7-10,12,15,19-21H,4,6,11H2,1-2H3,(H2,28,31);1-4H,(H2,12,13)/t15-,19+,20+,21-;/m0./s1. The number of hydrogen-bond acceptors (Lipinski definition) is 8. The largest absolute Gasteiger partial charge is 0.382 e. The first-order chi connectivity index (χ1) is 22.5. The molecule has 4 atom stereocenters. The van der Waals surface area contributed by atoms with Gasteiger partial charge in [-0.2, -0.15) is 0 Å². The molecular formula is C34H31BrCl3N7O2. The van der Waals surface area contributed by atoms with Gasteiger partial charge in [-0.3, -0.25) is 0 Å². The van der Waals surface area contributed by atoms with Crippen molar-refractivity contribution in [2.75, 3.05) is 11.5 Å². The molecule has 4 N–H and O–H groups in total. The van der Waals surface area contributed by atoms with E-state index in [2.05, 4.69) is 58.6 Å². The summed E-state index contributed by atoms with van der Waals surface area (Å²) >= 11 is 21.6. The van der Waals surface area contributed by atoms with Crippen molar-refractivity contribution in [3.8, 4) is 0 Å². The predicted molar refractivity (Wildman–Crippen MR) is 192 cm³/mol. The molecule has 8 rings (SSSR count). The Kier molecular flexibility index (Phi) is 8.69. The first-order valence-electron chi connectivity index (χ1n) is 15.1. The van der Waals surface area contributed by atoms with Crippen molar-refractivity contribution in [1.82, 2.24) is 24.5 Å². The van der Waals surface area contributed by atoms with Gasteiger partial charge in [0.05, 0.1) is 38.6 Å². The van der Waals surface area contributed by atoms with E-state index in [4.69, 9.17) is 55.7 Å². The highest BCUT2D eigenvalue weighted by atomic mass is 79.9. The number of aromatic nitrogens is 5. The van der Waals surface area contributed by atoms with E-state index in [1.54, 1.807) is 0 Å². The molecule has 2 aromatic carbocycles. The Bertz CT molecular complexity index is 2140. The van der Waals surface area contributed by atoms with Crippen LogP contribution in [0.1, 0.15) is 38.3 Å². The van der Waals surface area contributed by atoms with Gasteiger partial charge < -0.3 is 25.5 Å². The van der Waals surface area contributed by atoms with Crippen LogP contribution in [0.3, 0.4) is 0 Å². The van der Waals surface area contributed by atoms with Crippen LogP contribution in [-0.2, 0) is 15.9 Å². The molecule has 1 aliphatic heterocycles. The van der Waals surface area contributed by atoms with E-state index >= 15 is 0 Å². The summed E-state index contributed by atoms with van der Waals surface area (Å²) in [4.78, 5) is 17.2. The van der Waals surface area contributed by atoms with Crippen LogP contribution in [0.4, 0.5) is 11.6 Å². The molecule has 1 aliphatic carbocycles. The second-order valence-electron chi connectivity index (χ2n) is 12.4. The van der Waals surface area contributed by atoms with E-state index in [0.717, 1.165) is 56.6 Å². The number of ether oxygens (including phenoxy) is 2. The first-order valence-corrected chi connectivity index (χ1v) is 17.1. The van der Waals surface area contributed by atoms with Crippen LogP contribution in [0.2, 0.25) is 15.2 Å². The number of nitrogens with zero attached hydrogens (tertiary/aromatic N) is 5. The summed E-state index contributed by atoms with van der Waals surface area (Å²) in [5, 5.41) is 4.26. The van der Waals surface area contributed by atoms with Crippen molar-refractivity contribution in [2.45, 2.75) is 57.1 Å². The normalized spacial score (nSPS) is 21.7. The zero-order chi connectivity index (χ0) is 33.0. The molecule has 0 spiro atoms. The smallest absolute Gasteiger partial charge is 0.163 e. The predicted octanol–water partition coefficient (Wildman–Crippen LogP) is 8.82. The number of nitrogen functional groups attached to an aromatic ring is 2. The highest BCUT2D eigenvalue weighted by molar-refractivity contribution is 9.10. The molecule has 6 aromatic rings. The molecule has 2 fully saturated rings. The number of nitrogens with two attached hydrogens (primary N) is 2. The molecule has 5 heterocycles. The Morgan fingerprint density at radius 1 is 0.872 bits per heavy atom. The van der Waals surface area contributed by atoms with Crippen LogP contribution in [-0.4, -0.2) is 42.5 Å². The van der Waals surface area contributed by atoms with E-state index in [-0.39, 0.29) is 18.2 Å². The van der Waals surface area contributed by atoms with Gasteiger partial charge in [0.2, 0.25) is 0 Å².